The molecular formula is C22H20BrCl2NO2. The Bertz CT molecular complexity index is 953. The highest BCUT2D eigenvalue weighted by Gasteiger charge is 2.55. The van der Waals surface area contributed by atoms with Crippen molar-refractivity contribution in [3.63, 3.8) is 0 Å². The van der Waals surface area contributed by atoms with Gasteiger partial charge in [0.05, 0.1) is 11.6 Å². The number of aliphatic hydroxyl groups excluding tert-OH is 1. The van der Waals surface area contributed by atoms with Gasteiger partial charge in [0.1, 0.15) is 0 Å². The number of benzene rings is 2. The van der Waals surface area contributed by atoms with E-state index < -0.39 is 11.6 Å². The van der Waals surface area contributed by atoms with E-state index in [2.05, 4.69) is 35.0 Å². The zero-order chi connectivity index (χ0) is 20.1. The van der Waals surface area contributed by atoms with Crippen LogP contribution in [-0.2, 0) is 11.2 Å². The first-order valence-electron chi connectivity index (χ1n) is 9.28. The highest BCUT2D eigenvalue weighted by atomic mass is 79.9. The lowest BCUT2D eigenvalue weighted by atomic mass is 9.79. The van der Waals surface area contributed by atoms with Crippen LogP contribution >= 0.6 is 39.1 Å². The van der Waals surface area contributed by atoms with Gasteiger partial charge in [-0.2, -0.15) is 0 Å². The molecule has 1 saturated heterocycles. The number of carbonyl (C=O) groups excluding carboxylic acids is 1. The molecular weight excluding hydrogens is 461 g/mol. The topological polar surface area (TPSA) is 40.5 Å². The number of hydrogen-bond acceptors (Lipinski definition) is 2. The Hall–Kier alpha value is -1.33. The molecule has 3 nitrogen and oxygen atoms in total. The third-order valence-electron chi connectivity index (χ3n) is 5.72. The Labute approximate surface area is 183 Å². The lowest BCUT2D eigenvalue weighted by Crippen LogP contribution is -2.45. The molecule has 2 heterocycles. The number of rotatable bonds is 4. The first-order chi connectivity index (χ1) is 13.3. The average molecular weight is 481 g/mol. The summed E-state index contributed by atoms with van der Waals surface area (Å²) in [7, 11) is 0. The Morgan fingerprint density at radius 2 is 1.82 bits per heavy atom. The van der Waals surface area contributed by atoms with Crippen LogP contribution in [0, 0.1) is 0 Å². The molecule has 2 aromatic rings. The molecule has 0 aliphatic carbocycles. The van der Waals surface area contributed by atoms with Crippen LogP contribution in [0.25, 0.3) is 5.57 Å². The normalized spacial score (nSPS) is 24.2. The smallest absolute Gasteiger partial charge is 0.255 e. The molecule has 0 spiro atoms. The number of nitrogens with zero attached hydrogens (tertiary/aromatic N) is 1. The van der Waals surface area contributed by atoms with Crippen LogP contribution in [0.15, 0.2) is 52.5 Å². The molecule has 1 unspecified atom stereocenters. The number of halogens is 3. The average Bonchev–Trinajstić information content (AvgIpc) is 3.06. The second-order valence-electron chi connectivity index (χ2n) is 7.47. The van der Waals surface area contributed by atoms with Gasteiger partial charge in [-0.05, 0) is 59.9 Å². The van der Waals surface area contributed by atoms with Gasteiger partial charge in [0.2, 0.25) is 0 Å². The first kappa shape index (κ1) is 20.0. The number of fused-ring (bicyclic) bond motifs is 1. The Morgan fingerprint density at radius 3 is 2.43 bits per heavy atom. The fraction of sp³-hybridized carbons (Fsp3) is 0.318. The molecule has 28 heavy (non-hydrogen) atoms. The lowest BCUT2D eigenvalue weighted by Gasteiger charge is -2.35. The molecule has 2 atom stereocenters. The zero-order valence-corrected chi connectivity index (χ0v) is 18.5. The summed E-state index contributed by atoms with van der Waals surface area (Å²) in [6.45, 7) is 2.41. The third kappa shape index (κ3) is 3.30. The summed E-state index contributed by atoms with van der Waals surface area (Å²) in [6.07, 6.45) is 1.40. The highest BCUT2D eigenvalue weighted by Crippen LogP contribution is 2.50. The van der Waals surface area contributed by atoms with E-state index in [0.717, 1.165) is 21.2 Å². The molecule has 0 bridgehead atoms. The maximum absolute atomic E-state index is 13.4. The van der Waals surface area contributed by atoms with Crippen LogP contribution in [0.5, 0.6) is 0 Å². The monoisotopic (exact) mass is 479 g/mol. The van der Waals surface area contributed by atoms with Crippen molar-refractivity contribution in [2.24, 2.45) is 0 Å². The maximum Gasteiger partial charge on any atom is 0.255 e. The third-order valence-corrected chi connectivity index (χ3v) is 6.69. The van der Waals surface area contributed by atoms with Crippen molar-refractivity contribution < 1.29 is 9.90 Å². The summed E-state index contributed by atoms with van der Waals surface area (Å²) in [5, 5.41) is 11.4. The minimum Gasteiger partial charge on any atom is -0.391 e. The summed E-state index contributed by atoms with van der Waals surface area (Å²) >= 11 is 15.9. The lowest BCUT2D eigenvalue weighted by molar-refractivity contribution is -0.126. The summed E-state index contributed by atoms with van der Waals surface area (Å²) < 4.78 is 1.01. The van der Waals surface area contributed by atoms with E-state index in [9.17, 15) is 9.90 Å². The van der Waals surface area contributed by atoms with E-state index in [4.69, 9.17) is 23.2 Å². The van der Waals surface area contributed by atoms with Crippen molar-refractivity contribution in [1.82, 2.24) is 4.90 Å². The Morgan fingerprint density at radius 1 is 1.18 bits per heavy atom. The maximum atomic E-state index is 13.4. The standard InChI is InChI=1S/C22H20BrCl2NO2/c1-2-19-20(14-7-16(24)9-17(25)8-14)21(28)26-12-18(27)11-22(19,26)10-13-3-5-15(23)6-4-13/h3-9,18,27H,2,10-12H2,1H3/t18-,22?/m1/s1. The SMILES string of the molecule is CCC1=C(c2cc(Cl)cc(Cl)c2)C(=O)N2C[C@H](O)CC12Cc1ccc(Br)cc1. The summed E-state index contributed by atoms with van der Waals surface area (Å²) in [5.74, 6) is -0.0520. The molecule has 6 heteroatoms. The van der Waals surface area contributed by atoms with Crippen LogP contribution < -0.4 is 0 Å². The van der Waals surface area contributed by atoms with Crippen molar-refractivity contribution in [3.8, 4) is 0 Å². The van der Waals surface area contributed by atoms with Gasteiger partial charge >= 0.3 is 0 Å². The minimum absolute atomic E-state index is 0.0520. The van der Waals surface area contributed by atoms with Gasteiger partial charge in [-0.15, -0.1) is 0 Å². The van der Waals surface area contributed by atoms with Crippen molar-refractivity contribution in [2.75, 3.05) is 6.54 Å². The Kier molecular flexibility index (Phi) is 5.34. The number of β-amino-alcohol motifs (C(OH)–C–C–N with tert-alkyl or cyclic N) is 1. The zero-order valence-electron chi connectivity index (χ0n) is 15.4. The molecule has 146 valence electrons. The first-order valence-corrected chi connectivity index (χ1v) is 10.8. The predicted molar refractivity (Wildman–Crippen MR) is 117 cm³/mol. The van der Waals surface area contributed by atoms with E-state index in [-0.39, 0.29) is 5.91 Å². The molecule has 2 aliphatic heterocycles. The number of hydrogen-bond donors (Lipinski definition) is 1. The van der Waals surface area contributed by atoms with Gasteiger partial charge in [-0.1, -0.05) is 58.2 Å². The van der Waals surface area contributed by atoms with E-state index in [1.54, 1.807) is 18.2 Å². The molecule has 0 radical (unpaired) electrons. The number of carbonyl (C=O) groups is 1. The van der Waals surface area contributed by atoms with Gasteiger partial charge < -0.3 is 10.0 Å². The van der Waals surface area contributed by atoms with Gasteiger partial charge in [0.25, 0.3) is 5.91 Å². The second-order valence-corrected chi connectivity index (χ2v) is 9.26. The molecule has 1 fully saturated rings. The fourth-order valence-corrected chi connectivity index (χ4v) is 5.52. The highest BCUT2D eigenvalue weighted by molar-refractivity contribution is 9.10. The van der Waals surface area contributed by atoms with E-state index in [0.29, 0.717) is 41.4 Å². The molecule has 0 saturated carbocycles. The van der Waals surface area contributed by atoms with E-state index in [1.807, 2.05) is 17.0 Å². The van der Waals surface area contributed by atoms with Crippen molar-refractivity contribution in [3.05, 3.63) is 73.7 Å². The molecule has 0 aromatic heterocycles. The van der Waals surface area contributed by atoms with E-state index in [1.165, 1.54) is 0 Å². The van der Waals surface area contributed by atoms with Crippen LogP contribution in [0.2, 0.25) is 10.0 Å². The van der Waals surface area contributed by atoms with Crippen molar-refractivity contribution in [1.29, 1.82) is 0 Å². The second kappa shape index (κ2) is 7.49. The van der Waals surface area contributed by atoms with Crippen molar-refractivity contribution in [2.45, 2.75) is 37.8 Å². The summed E-state index contributed by atoms with van der Waals surface area (Å²) in [5.41, 5.74) is 3.10. The van der Waals surface area contributed by atoms with Gasteiger partial charge in [0.15, 0.2) is 0 Å². The molecule has 2 aromatic carbocycles. The van der Waals surface area contributed by atoms with Crippen molar-refractivity contribution >= 4 is 50.6 Å². The number of amides is 1. The number of aliphatic hydroxyl groups is 1. The van der Waals surface area contributed by atoms with Gasteiger partial charge in [0, 0.05) is 33.1 Å². The van der Waals surface area contributed by atoms with Gasteiger partial charge in [-0.25, -0.2) is 0 Å². The summed E-state index contributed by atoms with van der Waals surface area (Å²) in [4.78, 5) is 15.3. The molecule has 1 N–H and O–H groups in total. The summed E-state index contributed by atoms with van der Waals surface area (Å²) in [6, 6.07) is 13.4. The predicted octanol–water partition coefficient (Wildman–Crippen LogP) is 5.51. The van der Waals surface area contributed by atoms with Crippen LogP contribution in [0.3, 0.4) is 0 Å². The Balaban J connectivity index is 1.87. The van der Waals surface area contributed by atoms with Gasteiger partial charge in [-0.3, -0.25) is 4.79 Å². The van der Waals surface area contributed by atoms with E-state index >= 15 is 0 Å². The van der Waals surface area contributed by atoms with Crippen LogP contribution in [-0.4, -0.2) is 34.1 Å². The largest absolute Gasteiger partial charge is 0.391 e. The van der Waals surface area contributed by atoms with Crippen LogP contribution in [0.4, 0.5) is 0 Å². The molecule has 2 aliphatic rings. The fourth-order valence-electron chi connectivity index (χ4n) is 4.73. The van der Waals surface area contributed by atoms with Crippen LogP contribution in [0.1, 0.15) is 30.9 Å². The molecule has 4 rings (SSSR count). The minimum atomic E-state index is -0.523. The quantitative estimate of drug-likeness (QED) is 0.626. The molecule has 1 amide bonds.